The molecule has 1 saturated heterocycles. The third kappa shape index (κ3) is 8.88. The van der Waals surface area contributed by atoms with Crippen LogP contribution in [0.1, 0.15) is 80.8 Å². The summed E-state index contributed by atoms with van der Waals surface area (Å²) in [4.78, 5) is 62.5. The van der Waals surface area contributed by atoms with Gasteiger partial charge in [-0.1, -0.05) is 25.0 Å². The number of rotatable bonds is 9. The van der Waals surface area contributed by atoms with Crippen LogP contribution in [0.4, 0.5) is 22.0 Å². The molecule has 0 bridgehead atoms. The molecule has 2 aromatic heterocycles. The molecule has 0 radical (unpaired) electrons. The summed E-state index contributed by atoms with van der Waals surface area (Å²) in [7, 11) is -3.81. The molecule has 11 nitrogen and oxygen atoms in total. The van der Waals surface area contributed by atoms with Gasteiger partial charge < -0.3 is 19.7 Å². The van der Waals surface area contributed by atoms with Crippen LogP contribution in [-0.2, 0) is 24.2 Å². The summed E-state index contributed by atoms with van der Waals surface area (Å²) in [5, 5.41) is 2.98. The van der Waals surface area contributed by atoms with E-state index in [-0.39, 0.29) is 59.3 Å². The molecule has 3 fully saturated rings. The molecule has 5 atom stereocenters. The fraction of sp³-hybridized carbons (Fsp3) is 0.465. The Morgan fingerprint density at radius 3 is 2.49 bits per heavy atom. The van der Waals surface area contributed by atoms with Crippen LogP contribution in [0.3, 0.4) is 0 Å². The molecule has 2 saturated carbocycles. The first-order chi connectivity index (χ1) is 28.8. The molecule has 8 rings (SSSR count). The first kappa shape index (κ1) is 42.7. The number of pyridine rings is 1. The molecule has 324 valence electrons. The maximum Gasteiger partial charge on any atom is 0.573 e. The number of nitrogens with one attached hydrogen (secondary N) is 1. The number of amides is 2. The highest BCUT2D eigenvalue weighted by molar-refractivity contribution is 7.93. The molecule has 2 aliphatic carbocycles. The number of alkyl halides is 3. The smallest absolute Gasteiger partial charge is 0.472 e. The van der Waals surface area contributed by atoms with Crippen molar-refractivity contribution in [1.29, 1.82) is 0 Å². The Kier molecular flexibility index (Phi) is 11.2. The number of ether oxygens (including phenoxy) is 2. The van der Waals surface area contributed by atoms with Crippen LogP contribution < -0.4 is 14.8 Å². The fourth-order valence-corrected chi connectivity index (χ4v) is 10.9. The second kappa shape index (κ2) is 16.1. The minimum absolute atomic E-state index is 0.0223. The third-order valence-electron chi connectivity index (χ3n) is 12.5. The van der Waals surface area contributed by atoms with Crippen molar-refractivity contribution in [2.24, 2.45) is 11.3 Å². The molecule has 61 heavy (non-hydrogen) atoms. The number of carbonyl (C=O) groups is 4. The fourth-order valence-electron chi connectivity index (χ4n) is 8.59. The molecule has 1 N–H and O–H groups in total. The van der Waals surface area contributed by atoms with Crippen molar-refractivity contribution in [2.45, 2.75) is 100 Å². The van der Waals surface area contributed by atoms with E-state index in [4.69, 9.17) is 4.74 Å². The largest absolute Gasteiger partial charge is 0.573 e. The zero-order valence-corrected chi connectivity index (χ0v) is 34.6. The monoisotopic (exact) mass is 887 g/mol. The standard InChI is InChI=1S/C43H42F5N3O8S2/c1-41(15-16-41)61(56,57)23-36(53)42-20-24(42)7-5-3-2-4-6-8-31(49-38(54)35-13-14-37(45)60-35)40(55)51-22-27(19-33(51)34(52)21-42)58-39-29-11-9-25(44)17-30(29)28-12-10-26(18-32(28)50-39)59-43(46,47)48/h5,7,9-14,17-18,24,27,31,33H,2-4,6,8,15-16,19-23H2,1H3,(H,49,54)/b7-5-/t24-,27-,31+,33+,42-/m1/s1. The average molecular weight is 888 g/mol. The van der Waals surface area contributed by atoms with Gasteiger partial charge in [0.2, 0.25) is 11.8 Å². The number of Topliss-reactive ketones (excluding diaryl/α,β-unsaturated/α-hetero) is 2. The lowest BCUT2D eigenvalue weighted by Crippen LogP contribution is -2.52. The number of allylic oxidation sites excluding steroid dienone is 2. The predicted molar refractivity (Wildman–Crippen MR) is 215 cm³/mol. The van der Waals surface area contributed by atoms with E-state index >= 15 is 0 Å². The second-order valence-electron chi connectivity index (χ2n) is 16.8. The Bertz CT molecular complexity index is 2570. The van der Waals surface area contributed by atoms with Crippen LogP contribution in [-0.4, -0.2) is 83.3 Å². The van der Waals surface area contributed by atoms with Gasteiger partial charge in [-0.15, -0.1) is 24.5 Å². The van der Waals surface area contributed by atoms with Gasteiger partial charge in [-0.2, -0.15) is 4.39 Å². The highest BCUT2D eigenvalue weighted by atomic mass is 32.2. The number of halogens is 5. The first-order valence-electron chi connectivity index (χ1n) is 20.1. The molecule has 0 spiro atoms. The van der Waals surface area contributed by atoms with E-state index in [9.17, 15) is 49.5 Å². The minimum atomic E-state index is -5.00. The van der Waals surface area contributed by atoms with E-state index in [0.29, 0.717) is 55.2 Å². The molecule has 2 amide bonds. The summed E-state index contributed by atoms with van der Waals surface area (Å²) in [5.74, 6) is -4.85. The zero-order chi connectivity index (χ0) is 43.5. The zero-order valence-electron chi connectivity index (χ0n) is 32.9. The normalized spacial score (nSPS) is 26.2. The molecule has 4 aliphatic rings. The number of aromatic nitrogens is 1. The van der Waals surface area contributed by atoms with E-state index in [0.717, 1.165) is 24.3 Å². The van der Waals surface area contributed by atoms with Crippen molar-refractivity contribution < 1.29 is 59.0 Å². The van der Waals surface area contributed by atoms with Crippen molar-refractivity contribution in [2.75, 3.05) is 12.3 Å². The van der Waals surface area contributed by atoms with Crippen molar-refractivity contribution in [3.8, 4) is 11.6 Å². The predicted octanol–water partition coefficient (Wildman–Crippen LogP) is 7.80. The summed E-state index contributed by atoms with van der Waals surface area (Å²) in [6.07, 6.45) is 1.13. The van der Waals surface area contributed by atoms with Crippen molar-refractivity contribution >= 4 is 66.2 Å². The Balaban J connectivity index is 1.14. The number of benzene rings is 2. The van der Waals surface area contributed by atoms with Crippen LogP contribution in [0.15, 0.2) is 60.7 Å². The second-order valence-corrected chi connectivity index (χ2v) is 20.3. The molecule has 18 heteroatoms. The average Bonchev–Trinajstić information content (AvgIpc) is 3.99. The number of hydrogen-bond acceptors (Lipinski definition) is 10. The third-order valence-corrected chi connectivity index (χ3v) is 15.9. The molecule has 2 aromatic carbocycles. The Labute approximate surface area is 351 Å². The number of thiophene rings is 1. The van der Waals surface area contributed by atoms with Crippen LogP contribution in [0.2, 0.25) is 0 Å². The quantitative estimate of drug-likeness (QED) is 0.101. The number of ketones is 2. The van der Waals surface area contributed by atoms with Gasteiger partial charge in [-0.3, -0.25) is 19.2 Å². The van der Waals surface area contributed by atoms with E-state index in [1.807, 2.05) is 12.2 Å². The minimum Gasteiger partial charge on any atom is -0.472 e. The molecular formula is C43H42F5N3O8S2. The summed E-state index contributed by atoms with van der Waals surface area (Å²) in [5.41, 5.74) is -1.33. The van der Waals surface area contributed by atoms with Gasteiger partial charge in [-0.25, -0.2) is 17.8 Å². The van der Waals surface area contributed by atoms with Crippen LogP contribution >= 0.6 is 11.3 Å². The van der Waals surface area contributed by atoms with Crippen molar-refractivity contribution in [3.63, 3.8) is 0 Å². The molecule has 0 unspecified atom stereocenters. The number of fused-ring (bicyclic) bond motifs is 5. The Morgan fingerprint density at radius 1 is 1.00 bits per heavy atom. The summed E-state index contributed by atoms with van der Waals surface area (Å²) >= 11 is 0.605. The van der Waals surface area contributed by atoms with E-state index in [1.165, 1.54) is 29.2 Å². The van der Waals surface area contributed by atoms with Gasteiger partial charge in [0.15, 0.2) is 26.5 Å². The lowest BCUT2D eigenvalue weighted by atomic mass is 9.88. The molecular weight excluding hydrogens is 846 g/mol. The summed E-state index contributed by atoms with van der Waals surface area (Å²) < 4.78 is 104. The maximum atomic E-state index is 14.7. The lowest BCUT2D eigenvalue weighted by Gasteiger charge is -2.29. The highest BCUT2D eigenvalue weighted by Crippen LogP contribution is 2.58. The van der Waals surface area contributed by atoms with Gasteiger partial charge >= 0.3 is 6.36 Å². The molecule has 4 heterocycles. The lowest BCUT2D eigenvalue weighted by molar-refractivity contribution is -0.274. The van der Waals surface area contributed by atoms with Gasteiger partial charge in [0.05, 0.1) is 27.7 Å². The summed E-state index contributed by atoms with van der Waals surface area (Å²) in [6.45, 7) is 1.37. The number of nitrogens with zero attached hydrogens (tertiary/aromatic N) is 2. The maximum absolute atomic E-state index is 14.7. The highest BCUT2D eigenvalue weighted by Gasteiger charge is 2.62. The number of sulfone groups is 1. The van der Waals surface area contributed by atoms with Gasteiger partial charge in [-0.05, 0) is 99.2 Å². The first-order valence-corrected chi connectivity index (χ1v) is 22.6. The molecule has 2 aliphatic heterocycles. The van der Waals surface area contributed by atoms with Gasteiger partial charge in [0, 0.05) is 35.1 Å². The Morgan fingerprint density at radius 2 is 1.77 bits per heavy atom. The van der Waals surface area contributed by atoms with Crippen LogP contribution in [0, 0.1) is 22.3 Å². The van der Waals surface area contributed by atoms with Gasteiger partial charge in [0.25, 0.3) is 5.91 Å². The number of carbonyl (C=O) groups excluding carboxylic acids is 4. The number of hydrogen-bond donors (Lipinski definition) is 1. The summed E-state index contributed by atoms with van der Waals surface area (Å²) in [6, 6.07) is 7.18. The van der Waals surface area contributed by atoms with E-state index < -0.39 is 96.3 Å². The van der Waals surface area contributed by atoms with Gasteiger partial charge in [0.1, 0.15) is 29.5 Å². The van der Waals surface area contributed by atoms with Crippen LogP contribution in [0.25, 0.3) is 21.7 Å². The van der Waals surface area contributed by atoms with E-state index in [1.54, 1.807) is 6.92 Å². The van der Waals surface area contributed by atoms with Crippen molar-refractivity contribution in [3.05, 3.63) is 76.5 Å². The topological polar surface area (TPSA) is 149 Å². The molecule has 4 aromatic rings. The van der Waals surface area contributed by atoms with Crippen LogP contribution in [0.5, 0.6) is 11.6 Å². The Hall–Kier alpha value is -4.97. The SMILES string of the molecule is CC1(S(=O)(=O)CC(=O)[C@]23CC(=O)[C@@H]4C[C@@H](Oc5nc6cc(OC(F)(F)F)ccc6c6cc(F)ccc56)CN4C(=O)[C@@H](NC(=O)c4ccc(F)s4)CCCCC/C=C\[C@@H]2C3)CC1. The van der Waals surface area contributed by atoms with E-state index in [2.05, 4.69) is 15.0 Å². The van der Waals surface area contributed by atoms with Crippen molar-refractivity contribution in [1.82, 2.24) is 15.2 Å².